The second kappa shape index (κ2) is 4.95. The lowest BCUT2D eigenvalue weighted by Crippen LogP contribution is -1.85. The maximum Gasteiger partial charge on any atom is -0.0279 e. The lowest BCUT2D eigenvalue weighted by atomic mass is 10.1. The first kappa shape index (κ1) is 10.2. The van der Waals surface area contributed by atoms with E-state index in [1.54, 1.807) is 0 Å². The highest BCUT2D eigenvalue weighted by molar-refractivity contribution is 5.25. The molecule has 0 spiro atoms. The zero-order chi connectivity index (χ0) is 7.40. The van der Waals surface area contributed by atoms with Gasteiger partial charge in [-0.05, 0) is 24.5 Å². The Kier molecular flexibility index (Phi) is 4.60. The van der Waals surface area contributed by atoms with Crippen molar-refractivity contribution < 1.29 is 0 Å². The molecule has 0 radical (unpaired) electrons. The van der Waals surface area contributed by atoms with Gasteiger partial charge >= 0.3 is 0 Å². The molecule has 0 heteroatoms. The number of aryl methyl sites for hydroxylation is 2. The van der Waals surface area contributed by atoms with Crippen molar-refractivity contribution in [2.45, 2.75) is 34.1 Å². The van der Waals surface area contributed by atoms with Gasteiger partial charge in [-0.25, -0.2) is 0 Å². The second-order valence-electron chi connectivity index (χ2n) is 2.68. The Bertz CT molecular complexity index is 201. The first-order valence-corrected chi connectivity index (χ1v) is 3.89. The van der Waals surface area contributed by atoms with Crippen LogP contribution < -0.4 is 0 Å². The van der Waals surface area contributed by atoms with Crippen molar-refractivity contribution in [3.05, 3.63) is 35.4 Å². The van der Waals surface area contributed by atoms with Gasteiger partial charge in [-0.2, -0.15) is 0 Å². The molecular formula is C11H18. The molecule has 0 saturated heterocycles. The first-order valence-electron chi connectivity index (χ1n) is 3.89. The average molecular weight is 150 g/mol. The van der Waals surface area contributed by atoms with Gasteiger partial charge in [0.1, 0.15) is 0 Å². The van der Waals surface area contributed by atoms with Crippen LogP contribution in [-0.4, -0.2) is 0 Å². The fraction of sp³-hybridized carbons (Fsp3) is 0.455. The highest BCUT2D eigenvalue weighted by Gasteiger charge is 1.92. The van der Waals surface area contributed by atoms with E-state index in [1.807, 2.05) is 0 Å². The van der Waals surface area contributed by atoms with Gasteiger partial charge in [0, 0.05) is 0 Å². The third-order valence-electron chi connectivity index (χ3n) is 1.78. The molecule has 1 rings (SSSR count). The molecule has 0 aliphatic heterocycles. The first-order chi connectivity index (χ1) is 4.84. The topological polar surface area (TPSA) is 0 Å². The van der Waals surface area contributed by atoms with Crippen molar-refractivity contribution in [3.63, 3.8) is 0 Å². The van der Waals surface area contributed by atoms with Crippen molar-refractivity contribution in [3.8, 4) is 0 Å². The Labute approximate surface area is 70.3 Å². The zero-order valence-electron chi connectivity index (χ0n) is 6.72. The summed E-state index contributed by atoms with van der Waals surface area (Å²) >= 11 is 0. The Hall–Kier alpha value is -0.780. The molecule has 0 saturated carbocycles. The maximum atomic E-state index is 2.21. The van der Waals surface area contributed by atoms with Crippen LogP contribution in [0.3, 0.4) is 0 Å². The Morgan fingerprint density at radius 2 is 1.82 bits per heavy atom. The quantitative estimate of drug-likeness (QED) is 0.604. The van der Waals surface area contributed by atoms with Gasteiger partial charge < -0.3 is 0 Å². The molecule has 0 aromatic heterocycles. The van der Waals surface area contributed by atoms with Gasteiger partial charge in [0.15, 0.2) is 0 Å². The summed E-state index contributed by atoms with van der Waals surface area (Å²) in [6, 6.07) is 8.58. The van der Waals surface area contributed by atoms with Crippen LogP contribution in [0.25, 0.3) is 0 Å². The molecule has 0 unspecified atom stereocenters. The average Bonchev–Trinajstić information content (AvgIpc) is 1.94. The third-order valence-corrected chi connectivity index (χ3v) is 1.78. The lowest BCUT2D eigenvalue weighted by molar-refractivity contribution is 0.913. The van der Waals surface area contributed by atoms with E-state index in [-0.39, 0.29) is 7.43 Å². The van der Waals surface area contributed by atoms with Gasteiger partial charge in [0.2, 0.25) is 0 Å². The van der Waals surface area contributed by atoms with Crippen LogP contribution >= 0.6 is 0 Å². The molecule has 0 aliphatic carbocycles. The molecule has 0 fully saturated rings. The van der Waals surface area contributed by atoms with Gasteiger partial charge in [-0.1, -0.05) is 45.0 Å². The summed E-state index contributed by atoms with van der Waals surface area (Å²) in [4.78, 5) is 0. The zero-order valence-corrected chi connectivity index (χ0v) is 6.72. The fourth-order valence-corrected chi connectivity index (χ4v) is 1.16. The highest BCUT2D eigenvalue weighted by Crippen LogP contribution is 2.08. The molecule has 0 bridgehead atoms. The fourth-order valence-electron chi connectivity index (χ4n) is 1.16. The van der Waals surface area contributed by atoms with E-state index in [0.717, 1.165) is 0 Å². The van der Waals surface area contributed by atoms with Crippen molar-refractivity contribution in [1.29, 1.82) is 0 Å². The minimum absolute atomic E-state index is 0. The number of benzene rings is 1. The van der Waals surface area contributed by atoms with Crippen molar-refractivity contribution >= 4 is 0 Å². The van der Waals surface area contributed by atoms with Crippen molar-refractivity contribution in [2.24, 2.45) is 0 Å². The standard InChI is InChI=1S/C10H14.CH4/c1-3-6-10-8-5-4-7-9(10)2;/h4-5,7-8H,3,6H2,1-2H3;1H4. The van der Waals surface area contributed by atoms with Crippen LogP contribution in [0, 0.1) is 6.92 Å². The van der Waals surface area contributed by atoms with Gasteiger partial charge in [-0.3, -0.25) is 0 Å². The number of rotatable bonds is 2. The summed E-state index contributed by atoms with van der Waals surface area (Å²) < 4.78 is 0. The Morgan fingerprint density at radius 3 is 2.36 bits per heavy atom. The minimum atomic E-state index is 0. The summed E-state index contributed by atoms with van der Waals surface area (Å²) in [7, 11) is 0. The molecule has 0 nitrogen and oxygen atoms in total. The van der Waals surface area contributed by atoms with Gasteiger partial charge in [0.05, 0.1) is 0 Å². The van der Waals surface area contributed by atoms with Crippen LogP contribution in [0.2, 0.25) is 0 Å². The largest absolute Gasteiger partial charge is 0.0776 e. The minimum Gasteiger partial charge on any atom is -0.0776 e. The van der Waals surface area contributed by atoms with Crippen LogP contribution in [0.4, 0.5) is 0 Å². The molecule has 0 N–H and O–H groups in total. The molecule has 1 aromatic carbocycles. The number of hydrogen-bond acceptors (Lipinski definition) is 0. The van der Waals surface area contributed by atoms with E-state index in [1.165, 1.54) is 24.0 Å². The summed E-state index contributed by atoms with van der Waals surface area (Å²) in [5.41, 5.74) is 2.91. The summed E-state index contributed by atoms with van der Waals surface area (Å²) in [5, 5.41) is 0. The molecule has 0 aliphatic rings. The predicted molar refractivity (Wildman–Crippen MR) is 51.9 cm³/mol. The highest BCUT2D eigenvalue weighted by atomic mass is 14.0. The molecular weight excluding hydrogens is 132 g/mol. The van der Waals surface area contributed by atoms with E-state index in [2.05, 4.69) is 38.1 Å². The Balaban J connectivity index is 0.000001000. The summed E-state index contributed by atoms with van der Waals surface area (Å²) in [5.74, 6) is 0. The lowest BCUT2D eigenvalue weighted by Gasteiger charge is -2.01. The molecule has 1 aromatic rings. The van der Waals surface area contributed by atoms with E-state index < -0.39 is 0 Å². The van der Waals surface area contributed by atoms with E-state index in [0.29, 0.717) is 0 Å². The monoisotopic (exact) mass is 150 g/mol. The predicted octanol–water partition coefficient (Wildman–Crippen LogP) is 3.58. The third kappa shape index (κ3) is 2.75. The van der Waals surface area contributed by atoms with Crippen molar-refractivity contribution in [1.82, 2.24) is 0 Å². The summed E-state index contributed by atoms with van der Waals surface area (Å²) in [6.07, 6.45) is 2.46. The normalized spacial score (nSPS) is 8.91. The van der Waals surface area contributed by atoms with Crippen LogP contribution in [0.5, 0.6) is 0 Å². The molecule has 0 atom stereocenters. The van der Waals surface area contributed by atoms with Crippen LogP contribution in [0.15, 0.2) is 24.3 Å². The maximum absolute atomic E-state index is 2.21. The molecule has 0 heterocycles. The smallest absolute Gasteiger partial charge is 0.0279 e. The molecule has 0 amide bonds. The molecule has 62 valence electrons. The van der Waals surface area contributed by atoms with Crippen molar-refractivity contribution in [2.75, 3.05) is 0 Å². The molecule has 11 heavy (non-hydrogen) atoms. The number of hydrogen-bond donors (Lipinski definition) is 0. The van der Waals surface area contributed by atoms with Gasteiger partial charge in [-0.15, -0.1) is 0 Å². The van der Waals surface area contributed by atoms with E-state index >= 15 is 0 Å². The Morgan fingerprint density at radius 1 is 1.18 bits per heavy atom. The van der Waals surface area contributed by atoms with Gasteiger partial charge in [0.25, 0.3) is 0 Å². The van der Waals surface area contributed by atoms with Crippen LogP contribution in [0.1, 0.15) is 31.9 Å². The second-order valence-corrected chi connectivity index (χ2v) is 2.68. The van der Waals surface area contributed by atoms with Crippen LogP contribution in [-0.2, 0) is 6.42 Å². The van der Waals surface area contributed by atoms with E-state index in [9.17, 15) is 0 Å². The SMILES string of the molecule is C.CCCc1ccccc1C. The summed E-state index contributed by atoms with van der Waals surface area (Å²) in [6.45, 7) is 4.39. The van der Waals surface area contributed by atoms with E-state index in [4.69, 9.17) is 0 Å².